The molecule has 0 N–H and O–H groups in total. The first-order valence-electron chi connectivity index (χ1n) is 5.98. The van der Waals surface area contributed by atoms with Crippen LogP contribution in [-0.2, 0) is 19.5 Å². The second kappa shape index (κ2) is 11.3. The zero-order valence-corrected chi connectivity index (χ0v) is 19.2. The largest absolute Gasteiger partial charge is 1.00 e. The summed E-state index contributed by atoms with van der Waals surface area (Å²) in [5.41, 5.74) is 0.382. The molecule has 122 valence electrons. The second-order valence-electron chi connectivity index (χ2n) is 4.24. The van der Waals surface area contributed by atoms with Gasteiger partial charge in [-0.2, -0.15) is 4.33 Å². The Morgan fingerprint density at radius 1 is 0.962 bits per heavy atom. The van der Waals surface area contributed by atoms with Gasteiger partial charge >= 0.3 is 70.5 Å². The summed E-state index contributed by atoms with van der Waals surface area (Å²) in [6, 6.07) is 7.83. The molecular formula is C12H6N4Na2O6S2+2. The maximum atomic E-state index is 11.3. The van der Waals surface area contributed by atoms with Gasteiger partial charge in [0.15, 0.2) is 14.8 Å². The molecular weight excluding hydrogens is 406 g/mol. The first-order chi connectivity index (χ1) is 11.4. The molecule has 10 nitrogen and oxygen atoms in total. The van der Waals surface area contributed by atoms with Crippen LogP contribution < -0.4 is 64.4 Å². The summed E-state index contributed by atoms with van der Waals surface area (Å²) >= 11 is 0.471. The van der Waals surface area contributed by atoms with E-state index >= 15 is 0 Å². The molecule has 0 unspecified atom stereocenters. The average molecular weight is 412 g/mol. The van der Waals surface area contributed by atoms with Gasteiger partial charge in [-0.3, -0.25) is 5.04 Å². The zero-order chi connectivity index (χ0) is 17.7. The molecule has 0 spiro atoms. The Labute approximate surface area is 196 Å². The minimum Gasteiger partial charge on any atom is -0.744 e. The Balaban J connectivity index is 0.00000312. The van der Waals surface area contributed by atoms with E-state index in [0.29, 0.717) is 23.2 Å². The molecule has 2 rings (SSSR count). The monoisotopic (exact) mass is 412 g/mol. The molecule has 0 aromatic heterocycles. The number of diazo groups is 2. The third-order valence-electron chi connectivity index (χ3n) is 2.89. The van der Waals surface area contributed by atoms with Crippen LogP contribution in [-0.4, -0.2) is 13.0 Å². The van der Waals surface area contributed by atoms with Gasteiger partial charge in [-0.25, -0.2) is 8.42 Å². The molecule has 0 radical (unpaired) electrons. The number of nitrogens with zero attached hydrogens (tertiary/aromatic N) is 4. The minimum atomic E-state index is -4.87. The third kappa shape index (κ3) is 6.24. The summed E-state index contributed by atoms with van der Waals surface area (Å²) in [6.45, 7) is 0. The predicted octanol–water partition coefficient (Wildman–Crippen LogP) is -3.53. The van der Waals surface area contributed by atoms with E-state index in [1.54, 1.807) is 0 Å². The third-order valence-corrected chi connectivity index (χ3v) is 4.39. The van der Waals surface area contributed by atoms with Crippen LogP contribution in [0, 0.1) is 10.8 Å². The molecule has 0 aliphatic carbocycles. The van der Waals surface area contributed by atoms with E-state index in [-0.39, 0.29) is 69.7 Å². The number of rotatable bonds is 5. The summed E-state index contributed by atoms with van der Waals surface area (Å²) in [5, 5.41) is 30.8. The van der Waals surface area contributed by atoms with E-state index in [1.165, 1.54) is 24.3 Å². The Kier molecular flexibility index (Phi) is 11.1. The van der Waals surface area contributed by atoms with Crippen molar-refractivity contribution in [2.75, 3.05) is 0 Å². The van der Waals surface area contributed by atoms with Crippen molar-refractivity contribution in [2.45, 2.75) is 9.79 Å². The summed E-state index contributed by atoms with van der Waals surface area (Å²) in [6.07, 6.45) is 0. The van der Waals surface area contributed by atoms with Gasteiger partial charge in [0, 0.05) is 12.1 Å². The predicted molar refractivity (Wildman–Crippen MR) is 77.4 cm³/mol. The van der Waals surface area contributed by atoms with Crippen LogP contribution in [0.15, 0.2) is 46.2 Å². The van der Waals surface area contributed by atoms with Crippen LogP contribution in [0.1, 0.15) is 0 Å². The molecule has 0 fully saturated rings. The summed E-state index contributed by atoms with van der Waals surface area (Å²) in [5.74, 6) is 0. The summed E-state index contributed by atoms with van der Waals surface area (Å²) < 4.78 is 37.9. The molecule has 0 heterocycles. The average Bonchev–Trinajstić information content (AvgIpc) is 2.58. The number of benzene rings is 2. The van der Waals surface area contributed by atoms with Crippen molar-refractivity contribution in [3.05, 3.63) is 46.4 Å². The van der Waals surface area contributed by atoms with Gasteiger partial charge in [0.1, 0.15) is 15.0 Å². The molecule has 2 aromatic carbocycles. The zero-order valence-electron chi connectivity index (χ0n) is 13.5. The Hall–Kier alpha value is -0.580. The van der Waals surface area contributed by atoms with Crippen LogP contribution in [0.5, 0.6) is 0 Å². The normalized spacial score (nSPS) is 10.0. The molecule has 2 aromatic rings. The van der Waals surface area contributed by atoms with Crippen molar-refractivity contribution >= 4 is 33.5 Å². The van der Waals surface area contributed by atoms with Crippen molar-refractivity contribution in [3.8, 4) is 11.1 Å². The van der Waals surface area contributed by atoms with Crippen molar-refractivity contribution in [3.63, 3.8) is 0 Å². The first kappa shape index (κ1) is 25.4. The molecule has 26 heavy (non-hydrogen) atoms. The van der Waals surface area contributed by atoms with Crippen molar-refractivity contribution in [1.29, 1.82) is 10.8 Å². The second-order valence-corrected chi connectivity index (χ2v) is 6.33. The standard InChI is InChI=1S/C12H6N4O6S2.2Na/c13-15-9-3-1-7(5-11(9)23-22-21-17)8-2-4-10(16-14)12(6-8)24(18,19)20;;/h1-6H;;/q;2*+1. The van der Waals surface area contributed by atoms with E-state index in [4.69, 9.17) is 10.8 Å². The number of hydrogen-bond donors (Lipinski definition) is 0. The van der Waals surface area contributed by atoms with Gasteiger partial charge in [0.2, 0.25) is 10.8 Å². The number of hydrogen-bond acceptors (Lipinski definition) is 9. The Bertz CT molecular complexity index is 975. The van der Waals surface area contributed by atoms with Gasteiger partial charge in [-0.15, -0.1) is 0 Å². The van der Waals surface area contributed by atoms with Crippen LogP contribution >= 0.6 is 12.0 Å². The topological polar surface area (TPSA) is 155 Å². The van der Waals surface area contributed by atoms with E-state index in [1.807, 2.05) is 0 Å². The SMILES string of the molecule is N#[N+]c1ccc(-c2ccc([N+]#N)c(S(=O)(=O)[O-])c2)cc1SOO[O-].[Na+].[Na+]. The van der Waals surface area contributed by atoms with Gasteiger partial charge < -0.3 is 9.81 Å². The summed E-state index contributed by atoms with van der Waals surface area (Å²) in [7, 11) is -4.87. The van der Waals surface area contributed by atoms with Gasteiger partial charge in [-0.05, 0) is 35.4 Å². The first-order valence-corrected chi connectivity index (χ1v) is 8.13. The van der Waals surface area contributed by atoms with E-state index in [2.05, 4.69) is 19.3 Å². The molecule has 0 bridgehead atoms. The van der Waals surface area contributed by atoms with Crippen LogP contribution in [0.3, 0.4) is 0 Å². The van der Waals surface area contributed by atoms with Crippen molar-refractivity contribution < 1.29 is 86.7 Å². The maximum absolute atomic E-state index is 11.3. The fourth-order valence-electron chi connectivity index (χ4n) is 1.87. The van der Waals surface area contributed by atoms with E-state index in [0.717, 1.165) is 12.1 Å². The van der Waals surface area contributed by atoms with Gasteiger partial charge in [-0.1, -0.05) is 0 Å². The molecule has 0 saturated carbocycles. The molecule has 0 amide bonds. The fraction of sp³-hybridized carbons (Fsp3) is 0. The van der Waals surface area contributed by atoms with E-state index < -0.39 is 20.7 Å². The van der Waals surface area contributed by atoms with Crippen LogP contribution in [0.25, 0.3) is 21.1 Å². The smallest absolute Gasteiger partial charge is 0.744 e. The summed E-state index contributed by atoms with van der Waals surface area (Å²) in [4.78, 5) is 5.23. The molecule has 0 saturated heterocycles. The molecule has 0 aliphatic rings. The Morgan fingerprint density at radius 3 is 2.00 bits per heavy atom. The van der Waals surface area contributed by atoms with Crippen molar-refractivity contribution in [2.24, 2.45) is 0 Å². The minimum absolute atomic E-state index is 0. The van der Waals surface area contributed by atoms with E-state index in [9.17, 15) is 18.2 Å². The Morgan fingerprint density at radius 2 is 1.50 bits per heavy atom. The van der Waals surface area contributed by atoms with Crippen LogP contribution in [0.2, 0.25) is 0 Å². The fourth-order valence-corrected chi connectivity index (χ4v) is 2.98. The van der Waals surface area contributed by atoms with Gasteiger partial charge in [0.25, 0.3) is 0 Å². The van der Waals surface area contributed by atoms with Crippen molar-refractivity contribution in [1.82, 2.24) is 0 Å². The molecule has 14 heteroatoms. The van der Waals surface area contributed by atoms with Crippen LogP contribution in [0.4, 0.5) is 11.4 Å². The maximum Gasteiger partial charge on any atom is 1.00 e. The quantitative estimate of drug-likeness (QED) is 0.121. The molecule has 0 atom stereocenters. The van der Waals surface area contributed by atoms with Gasteiger partial charge in [0.05, 0.1) is 12.0 Å². The molecule has 0 aliphatic heterocycles.